The highest BCUT2D eigenvalue weighted by Gasteiger charge is 2.36. The molecule has 0 saturated carbocycles. The molecule has 1 heterocycles. The summed E-state index contributed by atoms with van der Waals surface area (Å²) >= 11 is 0. The third-order valence-corrected chi connectivity index (χ3v) is 4.32. The van der Waals surface area contributed by atoms with Crippen molar-refractivity contribution in [2.24, 2.45) is 0 Å². The summed E-state index contributed by atoms with van der Waals surface area (Å²) in [5.74, 6) is 0. The van der Waals surface area contributed by atoms with E-state index in [2.05, 4.69) is 37.8 Å². The minimum absolute atomic E-state index is 0.0355. The van der Waals surface area contributed by atoms with E-state index in [-0.39, 0.29) is 11.5 Å². The number of nitrogens with zero attached hydrogens (tertiary/aromatic N) is 1. The number of carbonyl (C=O) groups is 1. The monoisotopic (exact) mass is 331 g/mol. The molecular formula is C21H33NO2. The first-order valence-electron chi connectivity index (χ1n) is 8.94. The van der Waals surface area contributed by atoms with Crippen molar-refractivity contribution in [2.45, 2.75) is 65.4 Å². The zero-order chi connectivity index (χ0) is 18.4. The van der Waals surface area contributed by atoms with Gasteiger partial charge in [-0.1, -0.05) is 49.8 Å². The van der Waals surface area contributed by atoms with Crippen LogP contribution in [0.5, 0.6) is 0 Å². The van der Waals surface area contributed by atoms with Crippen molar-refractivity contribution in [1.29, 1.82) is 0 Å². The molecule has 1 amide bonds. The third kappa shape index (κ3) is 5.12. The van der Waals surface area contributed by atoms with Crippen LogP contribution in [0.2, 0.25) is 0 Å². The normalized spacial score (nSPS) is 16.7. The van der Waals surface area contributed by atoms with Gasteiger partial charge in [0.1, 0.15) is 5.60 Å². The van der Waals surface area contributed by atoms with Crippen molar-refractivity contribution < 1.29 is 9.53 Å². The number of carbonyl (C=O) groups excluding carboxylic acids is 1. The molecule has 0 atom stereocenters. The molecule has 0 aromatic heterocycles. The van der Waals surface area contributed by atoms with Crippen LogP contribution in [-0.2, 0) is 10.2 Å². The van der Waals surface area contributed by atoms with E-state index in [9.17, 15) is 4.79 Å². The van der Waals surface area contributed by atoms with Crippen LogP contribution >= 0.6 is 0 Å². The molecule has 3 heteroatoms. The van der Waals surface area contributed by atoms with Crippen molar-refractivity contribution in [1.82, 2.24) is 4.90 Å². The van der Waals surface area contributed by atoms with Crippen molar-refractivity contribution >= 4 is 6.09 Å². The molecule has 0 spiro atoms. The molecule has 1 aliphatic rings. The predicted molar refractivity (Wildman–Crippen MR) is 101 cm³/mol. The highest BCUT2D eigenvalue weighted by atomic mass is 16.6. The summed E-state index contributed by atoms with van der Waals surface area (Å²) in [6, 6.07) is 8.64. The van der Waals surface area contributed by atoms with Crippen LogP contribution in [0.15, 0.2) is 36.9 Å². The Bertz CT molecular complexity index is 532. The second kappa shape index (κ2) is 8.36. The first-order chi connectivity index (χ1) is 11.3. The summed E-state index contributed by atoms with van der Waals surface area (Å²) in [6.07, 6.45) is 3.61. The average molecular weight is 332 g/mol. The molecule has 3 nitrogen and oxygen atoms in total. The molecule has 0 bridgehead atoms. The Balaban J connectivity index is 0.00000139. The fourth-order valence-corrected chi connectivity index (χ4v) is 2.91. The topological polar surface area (TPSA) is 29.5 Å². The van der Waals surface area contributed by atoms with Crippen LogP contribution in [0.3, 0.4) is 0 Å². The van der Waals surface area contributed by atoms with Gasteiger partial charge in [0, 0.05) is 18.5 Å². The molecule has 0 unspecified atom stereocenters. The molecule has 1 aliphatic heterocycles. The number of allylic oxidation sites excluding steroid dienone is 1. The first-order valence-corrected chi connectivity index (χ1v) is 8.94. The molecular weight excluding hydrogens is 298 g/mol. The van der Waals surface area contributed by atoms with Gasteiger partial charge in [0.2, 0.25) is 0 Å². The third-order valence-electron chi connectivity index (χ3n) is 4.32. The molecule has 1 fully saturated rings. The average Bonchev–Trinajstić information content (AvgIpc) is 2.56. The Morgan fingerprint density at radius 1 is 1.17 bits per heavy atom. The molecule has 134 valence electrons. The number of aryl methyl sites for hydroxylation is 1. The standard InChI is InChI=1S/C19H27NO2.C2H6/c1-6-19(16-9-7-15(2)8-10-16)11-13-20(14-12-19)17(21)22-18(3,4)5;1-2/h6-10H,1,11-14H2,2-5H3;1-2H3. The van der Waals surface area contributed by atoms with Gasteiger partial charge < -0.3 is 9.64 Å². The fraction of sp³-hybridized carbons (Fsp3) is 0.571. The van der Waals surface area contributed by atoms with Gasteiger partial charge in [0.15, 0.2) is 0 Å². The van der Waals surface area contributed by atoms with E-state index in [4.69, 9.17) is 4.74 Å². The lowest BCUT2D eigenvalue weighted by molar-refractivity contribution is 0.0183. The second-order valence-corrected chi connectivity index (χ2v) is 7.19. The summed E-state index contributed by atoms with van der Waals surface area (Å²) in [5.41, 5.74) is 2.07. The molecule has 0 radical (unpaired) electrons. The predicted octanol–water partition coefficient (Wildman–Crippen LogP) is 5.48. The molecule has 24 heavy (non-hydrogen) atoms. The highest BCUT2D eigenvalue weighted by molar-refractivity contribution is 5.68. The first kappa shape index (κ1) is 20.3. The molecule has 0 N–H and O–H groups in total. The van der Waals surface area contributed by atoms with E-state index >= 15 is 0 Å². The maximum Gasteiger partial charge on any atom is 0.410 e. The van der Waals surface area contributed by atoms with E-state index in [1.54, 1.807) is 4.90 Å². The Morgan fingerprint density at radius 2 is 1.67 bits per heavy atom. The number of piperidine rings is 1. The maximum atomic E-state index is 12.2. The Hall–Kier alpha value is -1.77. The number of benzene rings is 1. The maximum absolute atomic E-state index is 12.2. The lowest BCUT2D eigenvalue weighted by atomic mass is 9.73. The van der Waals surface area contributed by atoms with Crippen LogP contribution in [0.25, 0.3) is 0 Å². The minimum Gasteiger partial charge on any atom is -0.444 e. The zero-order valence-electron chi connectivity index (χ0n) is 16.2. The number of ether oxygens (including phenoxy) is 1. The van der Waals surface area contributed by atoms with Gasteiger partial charge in [0.05, 0.1) is 0 Å². The number of hydrogen-bond acceptors (Lipinski definition) is 2. The van der Waals surface area contributed by atoms with Crippen LogP contribution in [0.1, 0.15) is 58.6 Å². The number of rotatable bonds is 2. The van der Waals surface area contributed by atoms with Crippen molar-refractivity contribution in [3.8, 4) is 0 Å². The Morgan fingerprint density at radius 3 is 2.08 bits per heavy atom. The quantitative estimate of drug-likeness (QED) is 0.672. The van der Waals surface area contributed by atoms with E-state index in [1.165, 1.54) is 11.1 Å². The van der Waals surface area contributed by atoms with E-state index in [0.717, 1.165) is 12.8 Å². The molecule has 2 rings (SSSR count). The molecule has 0 aliphatic carbocycles. The highest BCUT2D eigenvalue weighted by Crippen LogP contribution is 2.37. The SMILES string of the molecule is C=CC1(c2ccc(C)cc2)CCN(C(=O)OC(C)(C)C)CC1.CC. The molecule has 1 aromatic rings. The summed E-state index contributed by atoms with van der Waals surface area (Å²) in [4.78, 5) is 14.0. The van der Waals surface area contributed by atoms with Crippen molar-refractivity contribution in [2.75, 3.05) is 13.1 Å². The van der Waals surface area contributed by atoms with Crippen LogP contribution in [0, 0.1) is 6.92 Å². The van der Waals surface area contributed by atoms with Gasteiger partial charge >= 0.3 is 6.09 Å². The van der Waals surface area contributed by atoms with Gasteiger partial charge in [0.25, 0.3) is 0 Å². The lowest BCUT2D eigenvalue weighted by Crippen LogP contribution is -2.46. The Kier molecular flexibility index (Phi) is 7.07. The zero-order valence-corrected chi connectivity index (χ0v) is 16.2. The van der Waals surface area contributed by atoms with Crippen molar-refractivity contribution in [3.05, 3.63) is 48.0 Å². The number of amides is 1. The van der Waals surface area contributed by atoms with Gasteiger partial charge in [-0.25, -0.2) is 4.79 Å². The smallest absolute Gasteiger partial charge is 0.410 e. The summed E-state index contributed by atoms with van der Waals surface area (Å²) in [7, 11) is 0. The van der Waals surface area contributed by atoms with Crippen LogP contribution in [-0.4, -0.2) is 29.7 Å². The Labute approximate surface area is 147 Å². The van der Waals surface area contributed by atoms with Gasteiger partial charge in [-0.3, -0.25) is 0 Å². The molecule has 1 saturated heterocycles. The van der Waals surface area contributed by atoms with E-state index in [0.29, 0.717) is 13.1 Å². The second-order valence-electron chi connectivity index (χ2n) is 7.19. The minimum atomic E-state index is -0.443. The summed E-state index contributed by atoms with van der Waals surface area (Å²) in [5, 5.41) is 0. The summed E-state index contributed by atoms with van der Waals surface area (Å²) in [6.45, 7) is 17.2. The fourth-order valence-electron chi connectivity index (χ4n) is 2.91. The lowest BCUT2D eigenvalue weighted by Gasteiger charge is -2.40. The van der Waals surface area contributed by atoms with Gasteiger partial charge in [-0.05, 0) is 46.1 Å². The van der Waals surface area contributed by atoms with E-state index in [1.807, 2.05) is 40.7 Å². The van der Waals surface area contributed by atoms with Crippen molar-refractivity contribution in [3.63, 3.8) is 0 Å². The summed E-state index contributed by atoms with van der Waals surface area (Å²) < 4.78 is 5.46. The molecule has 1 aromatic carbocycles. The number of hydrogen-bond donors (Lipinski definition) is 0. The van der Waals surface area contributed by atoms with Crippen LogP contribution in [0.4, 0.5) is 4.79 Å². The number of likely N-dealkylation sites (tertiary alicyclic amines) is 1. The van der Waals surface area contributed by atoms with E-state index < -0.39 is 5.60 Å². The largest absolute Gasteiger partial charge is 0.444 e. The van der Waals surface area contributed by atoms with Gasteiger partial charge in [-0.15, -0.1) is 6.58 Å². The van der Waals surface area contributed by atoms with Gasteiger partial charge in [-0.2, -0.15) is 0 Å². The van der Waals surface area contributed by atoms with Crippen LogP contribution < -0.4 is 0 Å².